The van der Waals surface area contributed by atoms with Crippen molar-refractivity contribution < 1.29 is 14.6 Å². The van der Waals surface area contributed by atoms with Gasteiger partial charge in [-0.3, -0.25) is 0 Å². The van der Waals surface area contributed by atoms with E-state index in [0.717, 1.165) is 10.4 Å². The molecule has 0 fully saturated rings. The zero-order valence-electron chi connectivity index (χ0n) is 12.0. The first-order valence-corrected chi connectivity index (χ1v) is 7.56. The van der Waals surface area contributed by atoms with Crippen molar-refractivity contribution in [1.29, 1.82) is 0 Å². The highest BCUT2D eigenvalue weighted by Gasteiger charge is 2.08. The van der Waals surface area contributed by atoms with Gasteiger partial charge in [-0.25, -0.2) is 9.78 Å². The van der Waals surface area contributed by atoms with Crippen molar-refractivity contribution >= 4 is 17.3 Å². The number of carbonyl (C=O) groups is 1. The molecule has 0 aliphatic rings. The van der Waals surface area contributed by atoms with Gasteiger partial charge in [0.1, 0.15) is 0 Å². The lowest BCUT2D eigenvalue weighted by molar-refractivity contribution is 0.0697. The Hall–Kier alpha value is -1.92. The third-order valence-electron chi connectivity index (χ3n) is 2.71. The normalized spacial score (nSPS) is 10.8. The van der Waals surface area contributed by atoms with E-state index in [-0.39, 0.29) is 6.10 Å². The van der Waals surface area contributed by atoms with Crippen LogP contribution in [0.4, 0.5) is 0 Å². The highest BCUT2D eigenvalue weighted by molar-refractivity contribution is 7.10. The van der Waals surface area contributed by atoms with Crippen LogP contribution < -0.4 is 10.1 Å². The zero-order valence-corrected chi connectivity index (χ0v) is 12.8. The van der Waals surface area contributed by atoms with Crippen molar-refractivity contribution in [3.63, 3.8) is 0 Å². The molecule has 2 N–H and O–H groups in total. The summed E-state index contributed by atoms with van der Waals surface area (Å²) in [4.78, 5) is 16.0. The molecule has 0 saturated carbocycles. The van der Waals surface area contributed by atoms with Gasteiger partial charge in [-0.05, 0) is 26.0 Å². The third-order valence-corrected chi connectivity index (χ3v) is 3.65. The first-order valence-electron chi connectivity index (χ1n) is 6.68. The number of aromatic carboxylic acids is 1. The lowest BCUT2D eigenvalue weighted by Gasteiger charge is -2.13. The second-order valence-corrected chi connectivity index (χ2v) is 5.84. The number of carboxylic acids is 1. The van der Waals surface area contributed by atoms with E-state index in [9.17, 15) is 4.79 Å². The minimum absolute atomic E-state index is 0.0778. The molecule has 2 rings (SSSR count). The maximum absolute atomic E-state index is 10.8. The van der Waals surface area contributed by atoms with Crippen LogP contribution in [0.25, 0.3) is 0 Å². The van der Waals surface area contributed by atoms with E-state index >= 15 is 0 Å². The lowest BCUT2D eigenvalue weighted by atomic mass is 10.2. The Balaban J connectivity index is 1.92. The van der Waals surface area contributed by atoms with Gasteiger partial charge in [-0.15, -0.1) is 11.3 Å². The van der Waals surface area contributed by atoms with Crippen LogP contribution in [0.5, 0.6) is 5.88 Å². The fourth-order valence-electron chi connectivity index (χ4n) is 1.79. The second-order valence-electron chi connectivity index (χ2n) is 4.84. The molecule has 6 heteroatoms. The zero-order chi connectivity index (χ0) is 15.2. The third kappa shape index (κ3) is 4.54. The van der Waals surface area contributed by atoms with Gasteiger partial charge in [0.15, 0.2) is 0 Å². The fourth-order valence-corrected chi connectivity index (χ4v) is 2.62. The van der Waals surface area contributed by atoms with Crippen LogP contribution in [0, 0.1) is 0 Å². The molecule has 0 aliphatic carbocycles. The average molecular weight is 306 g/mol. The van der Waals surface area contributed by atoms with Gasteiger partial charge in [-0.1, -0.05) is 6.07 Å². The summed E-state index contributed by atoms with van der Waals surface area (Å²) in [6.45, 7) is 5.17. The molecule has 0 saturated heterocycles. The molecule has 112 valence electrons. The largest absolute Gasteiger partial charge is 0.478 e. The van der Waals surface area contributed by atoms with Crippen molar-refractivity contribution in [2.24, 2.45) is 0 Å². The van der Waals surface area contributed by atoms with Gasteiger partial charge in [0.05, 0.1) is 11.7 Å². The lowest BCUT2D eigenvalue weighted by Crippen LogP contribution is -2.15. The number of ether oxygens (including phenoxy) is 1. The van der Waals surface area contributed by atoms with Crippen LogP contribution >= 0.6 is 11.3 Å². The van der Waals surface area contributed by atoms with Crippen molar-refractivity contribution in [2.75, 3.05) is 0 Å². The van der Waals surface area contributed by atoms with Gasteiger partial charge in [0, 0.05) is 35.1 Å². The summed E-state index contributed by atoms with van der Waals surface area (Å²) in [6, 6.07) is 5.53. The Labute approximate surface area is 127 Å². The predicted octanol–water partition coefficient (Wildman–Crippen LogP) is 2.92. The number of hydrogen-bond acceptors (Lipinski definition) is 5. The molecule has 2 aromatic rings. The number of aromatic nitrogens is 1. The molecule has 2 aromatic heterocycles. The van der Waals surface area contributed by atoms with Gasteiger partial charge >= 0.3 is 5.97 Å². The number of hydrogen-bond donors (Lipinski definition) is 2. The molecule has 0 spiro atoms. The highest BCUT2D eigenvalue weighted by Crippen LogP contribution is 2.17. The molecule has 0 bridgehead atoms. The van der Waals surface area contributed by atoms with Gasteiger partial charge in [0.25, 0.3) is 0 Å². The number of thiophene rings is 1. The molecule has 21 heavy (non-hydrogen) atoms. The fraction of sp³-hybridized carbons (Fsp3) is 0.333. The Morgan fingerprint density at radius 1 is 1.48 bits per heavy atom. The molecule has 0 atom stereocenters. The summed E-state index contributed by atoms with van der Waals surface area (Å²) < 4.78 is 5.66. The summed E-state index contributed by atoms with van der Waals surface area (Å²) in [5.41, 5.74) is 1.32. The molecule has 5 nitrogen and oxygen atoms in total. The Morgan fingerprint density at radius 2 is 2.29 bits per heavy atom. The number of carboxylic acid groups (broad SMARTS) is 1. The number of rotatable bonds is 7. The minimum Gasteiger partial charge on any atom is -0.478 e. The molecule has 0 unspecified atom stereocenters. The van der Waals surface area contributed by atoms with Crippen LogP contribution in [0.1, 0.15) is 34.6 Å². The summed E-state index contributed by atoms with van der Waals surface area (Å²) in [6.07, 6.45) is 1.79. The quantitative estimate of drug-likeness (QED) is 0.823. The first-order chi connectivity index (χ1) is 10.1. The minimum atomic E-state index is -0.891. The first kappa shape index (κ1) is 15.5. The van der Waals surface area contributed by atoms with E-state index in [1.165, 1.54) is 11.3 Å². The highest BCUT2D eigenvalue weighted by atomic mass is 32.1. The monoisotopic (exact) mass is 306 g/mol. The Kier molecular flexibility index (Phi) is 5.30. The summed E-state index contributed by atoms with van der Waals surface area (Å²) in [5, 5.41) is 13.8. The summed E-state index contributed by atoms with van der Waals surface area (Å²) in [7, 11) is 0. The van der Waals surface area contributed by atoms with Crippen LogP contribution in [-0.4, -0.2) is 22.2 Å². The van der Waals surface area contributed by atoms with E-state index in [0.29, 0.717) is 24.5 Å². The number of nitrogens with one attached hydrogen (secondary N) is 1. The van der Waals surface area contributed by atoms with Gasteiger partial charge < -0.3 is 15.2 Å². The molecule has 0 aliphatic heterocycles. The van der Waals surface area contributed by atoms with Crippen LogP contribution in [0.2, 0.25) is 0 Å². The average Bonchev–Trinajstić information content (AvgIpc) is 2.89. The second kappa shape index (κ2) is 7.19. The van der Waals surface area contributed by atoms with E-state index < -0.39 is 5.97 Å². The predicted molar refractivity (Wildman–Crippen MR) is 81.8 cm³/mol. The van der Waals surface area contributed by atoms with E-state index in [4.69, 9.17) is 9.84 Å². The molecule has 2 heterocycles. The Morgan fingerprint density at radius 3 is 2.95 bits per heavy atom. The van der Waals surface area contributed by atoms with Crippen molar-refractivity contribution in [2.45, 2.75) is 33.0 Å². The Bertz CT molecular complexity index is 610. The molecule has 0 amide bonds. The topological polar surface area (TPSA) is 71.5 Å². The van der Waals surface area contributed by atoms with Crippen LogP contribution in [0.3, 0.4) is 0 Å². The molecular formula is C15H18N2O3S. The van der Waals surface area contributed by atoms with E-state index in [1.54, 1.807) is 17.6 Å². The van der Waals surface area contributed by atoms with Gasteiger partial charge in [-0.2, -0.15) is 0 Å². The van der Waals surface area contributed by atoms with E-state index in [1.807, 2.05) is 26.0 Å². The molecule has 0 aromatic carbocycles. The van der Waals surface area contributed by atoms with Crippen LogP contribution in [0.15, 0.2) is 29.8 Å². The number of nitrogens with zero attached hydrogens (tertiary/aromatic N) is 1. The molecule has 0 radical (unpaired) electrons. The smallest absolute Gasteiger partial charge is 0.336 e. The van der Waals surface area contributed by atoms with Crippen molar-refractivity contribution in [3.05, 3.63) is 45.8 Å². The van der Waals surface area contributed by atoms with Crippen LogP contribution in [-0.2, 0) is 13.1 Å². The van der Waals surface area contributed by atoms with Gasteiger partial charge in [0.2, 0.25) is 5.88 Å². The number of pyridine rings is 1. The molecular weight excluding hydrogens is 288 g/mol. The van der Waals surface area contributed by atoms with E-state index in [2.05, 4.69) is 10.3 Å². The standard InChI is InChI=1S/C15H18N2O3S/c1-10(2)20-14-11(4-3-5-17-14)7-16-8-13-6-12(9-21-13)15(18)19/h3-6,9-10,16H,7-8H2,1-2H3,(H,18,19). The van der Waals surface area contributed by atoms with Crippen molar-refractivity contribution in [1.82, 2.24) is 10.3 Å². The summed E-state index contributed by atoms with van der Waals surface area (Å²) in [5.74, 6) is -0.255. The maximum atomic E-state index is 10.8. The van der Waals surface area contributed by atoms with Crippen molar-refractivity contribution in [3.8, 4) is 5.88 Å². The SMILES string of the molecule is CC(C)Oc1ncccc1CNCc1cc(C(=O)O)cs1. The maximum Gasteiger partial charge on any atom is 0.336 e. The summed E-state index contributed by atoms with van der Waals surface area (Å²) >= 11 is 1.44.